The van der Waals surface area contributed by atoms with E-state index in [1.165, 1.54) is 32.0 Å². The average Bonchev–Trinajstić information content (AvgIpc) is 2.45. The number of piperidine rings is 1. The Balaban J connectivity index is 1.91. The molecule has 0 spiro atoms. The first kappa shape index (κ1) is 12.8. The number of rotatable bonds is 4. The fourth-order valence-corrected chi connectivity index (χ4v) is 2.43. The molecule has 2 rings (SSSR count). The number of hydrogen-bond donors (Lipinski definition) is 1. The van der Waals surface area contributed by atoms with Crippen LogP contribution < -0.4 is 5.32 Å². The van der Waals surface area contributed by atoms with Crippen LogP contribution in [0.1, 0.15) is 31.9 Å². The van der Waals surface area contributed by atoms with Crippen LogP contribution in [0.3, 0.4) is 0 Å². The molecule has 5 heteroatoms. The lowest BCUT2D eigenvalue weighted by Crippen LogP contribution is -2.43. The normalized spacial score (nSPS) is 20.3. The van der Waals surface area contributed by atoms with Gasteiger partial charge in [0.05, 0.1) is 12.4 Å². The number of aromatic nitrogens is 2. The van der Waals surface area contributed by atoms with E-state index in [9.17, 15) is 0 Å². The predicted molar refractivity (Wildman–Crippen MR) is 70.1 cm³/mol. The number of nitriles is 1. The van der Waals surface area contributed by atoms with Gasteiger partial charge in [0, 0.05) is 12.6 Å². The smallest absolute Gasteiger partial charge is 0.161 e. The van der Waals surface area contributed by atoms with Gasteiger partial charge in [-0.1, -0.05) is 13.3 Å². The average molecular weight is 245 g/mol. The van der Waals surface area contributed by atoms with Gasteiger partial charge in [0.25, 0.3) is 0 Å². The van der Waals surface area contributed by atoms with E-state index in [2.05, 4.69) is 27.1 Å². The summed E-state index contributed by atoms with van der Waals surface area (Å²) in [5.41, 5.74) is 0.357. The Morgan fingerprint density at radius 2 is 2.39 bits per heavy atom. The molecule has 1 aliphatic rings. The van der Waals surface area contributed by atoms with Gasteiger partial charge < -0.3 is 5.32 Å². The maximum Gasteiger partial charge on any atom is 0.161 e. The first-order chi connectivity index (χ1) is 8.83. The molecule has 0 saturated carbocycles. The molecule has 96 valence electrons. The lowest BCUT2D eigenvalue weighted by Gasteiger charge is -2.34. The molecule has 0 amide bonds. The third-order valence-electron chi connectivity index (χ3n) is 3.42. The van der Waals surface area contributed by atoms with Crippen LogP contribution in [0.25, 0.3) is 0 Å². The molecular formula is C13H19N5. The molecule has 1 N–H and O–H groups in total. The van der Waals surface area contributed by atoms with E-state index in [4.69, 9.17) is 5.26 Å². The van der Waals surface area contributed by atoms with Crippen LogP contribution >= 0.6 is 0 Å². The monoisotopic (exact) mass is 245 g/mol. The third kappa shape index (κ3) is 3.17. The van der Waals surface area contributed by atoms with Crippen molar-refractivity contribution in [3.63, 3.8) is 0 Å². The van der Waals surface area contributed by atoms with E-state index in [-0.39, 0.29) is 0 Å². The van der Waals surface area contributed by atoms with Crippen LogP contribution in [0, 0.1) is 11.3 Å². The van der Waals surface area contributed by atoms with Gasteiger partial charge >= 0.3 is 0 Å². The SMILES string of the molecule is CCN1CCCC[C@H]1CNc1cncc(C#N)n1. The molecule has 0 aliphatic carbocycles. The van der Waals surface area contributed by atoms with Gasteiger partial charge in [-0.15, -0.1) is 0 Å². The summed E-state index contributed by atoms with van der Waals surface area (Å²) in [6.45, 7) is 5.36. The summed E-state index contributed by atoms with van der Waals surface area (Å²) in [5.74, 6) is 0.690. The second kappa shape index (κ2) is 6.31. The van der Waals surface area contributed by atoms with E-state index in [1.54, 1.807) is 6.20 Å². The zero-order chi connectivity index (χ0) is 12.8. The predicted octanol–water partition coefficient (Wildman–Crippen LogP) is 1.63. The van der Waals surface area contributed by atoms with Gasteiger partial charge in [-0.3, -0.25) is 9.88 Å². The zero-order valence-electron chi connectivity index (χ0n) is 10.8. The Bertz CT molecular complexity index is 426. The summed E-state index contributed by atoms with van der Waals surface area (Å²) in [6, 6.07) is 2.57. The van der Waals surface area contributed by atoms with Gasteiger partial charge in [0.15, 0.2) is 5.69 Å². The summed E-state index contributed by atoms with van der Waals surface area (Å²) in [4.78, 5) is 10.7. The summed E-state index contributed by atoms with van der Waals surface area (Å²) in [7, 11) is 0. The molecule has 0 radical (unpaired) electrons. The molecule has 1 aromatic heterocycles. The molecule has 1 fully saturated rings. The van der Waals surface area contributed by atoms with Crippen LogP contribution in [-0.4, -0.2) is 40.5 Å². The molecule has 0 aromatic carbocycles. The Morgan fingerprint density at radius 3 is 3.17 bits per heavy atom. The van der Waals surface area contributed by atoms with Crippen molar-refractivity contribution in [2.75, 3.05) is 25.0 Å². The standard InChI is InChI=1S/C13H19N5/c1-2-18-6-4-3-5-12(18)9-16-13-10-15-8-11(7-14)17-13/h8,10,12H,2-6,9H2,1H3,(H,16,17)/t12-/m0/s1. The first-order valence-corrected chi connectivity index (χ1v) is 6.53. The Hall–Kier alpha value is -1.67. The lowest BCUT2D eigenvalue weighted by molar-refractivity contribution is 0.164. The third-order valence-corrected chi connectivity index (χ3v) is 3.42. The summed E-state index contributed by atoms with van der Waals surface area (Å²) < 4.78 is 0. The number of hydrogen-bond acceptors (Lipinski definition) is 5. The minimum atomic E-state index is 0.357. The van der Waals surface area contributed by atoms with E-state index in [0.717, 1.165) is 13.1 Å². The highest BCUT2D eigenvalue weighted by Crippen LogP contribution is 2.16. The van der Waals surface area contributed by atoms with E-state index in [0.29, 0.717) is 17.6 Å². The van der Waals surface area contributed by atoms with Gasteiger partial charge in [-0.05, 0) is 25.9 Å². The first-order valence-electron chi connectivity index (χ1n) is 6.53. The molecule has 2 heterocycles. The maximum absolute atomic E-state index is 8.77. The van der Waals surface area contributed by atoms with Gasteiger partial charge in [0.1, 0.15) is 11.9 Å². The Labute approximate surface area is 108 Å². The molecule has 0 bridgehead atoms. The second-order valence-electron chi connectivity index (χ2n) is 4.56. The Morgan fingerprint density at radius 1 is 1.50 bits per heavy atom. The molecule has 18 heavy (non-hydrogen) atoms. The molecule has 1 aliphatic heterocycles. The van der Waals surface area contributed by atoms with Crippen molar-refractivity contribution in [2.45, 2.75) is 32.2 Å². The number of nitrogens with one attached hydrogen (secondary N) is 1. The van der Waals surface area contributed by atoms with Crippen LogP contribution in [0.5, 0.6) is 0 Å². The van der Waals surface area contributed by atoms with E-state index >= 15 is 0 Å². The van der Waals surface area contributed by atoms with Gasteiger partial charge in [-0.25, -0.2) is 4.98 Å². The van der Waals surface area contributed by atoms with Crippen LogP contribution in [0.15, 0.2) is 12.4 Å². The van der Waals surface area contributed by atoms with Crippen LogP contribution in [0.2, 0.25) is 0 Å². The highest BCUT2D eigenvalue weighted by Gasteiger charge is 2.20. The largest absolute Gasteiger partial charge is 0.367 e. The van der Waals surface area contributed by atoms with Crippen LogP contribution in [-0.2, 0) is 0 Å². The van der Waals surface area contributed by atoms with Crippen molar-refractivity contribution < 1.29 is 0 Å². The number of likely N-dealkylation sites (tertiary alicyclic amines) is 1. The van der Waals surface area contributed by atoms with Crippen molar-refractivity contribution in [3.05, 3.63) is 18.1 Å². The highest BCUT2D eigenvalue weighted by atomic mass is 15.2. The minimum absolute atomic E-state index is 0.357. The van der Waals surface area contributed by atoms with Crippen molar-refractivity contribution >= 4 is 5.82 Å². The molecule has 5 nitrogen and oxygen atoms in total. The topological polar surface area (TPSA) is 64.8 Å². The number of anilines is 1. The minimum Gasteiger partial charge on any atom is -0.367 e. The summed E-state index contributed by atoms with van der Waals surface area (Å²) >= 11 is 0. The molecule has 1 aromatic rings. The van der Waals surface area contributed by atoms with Gasteiger partial charge in [-0.2, -0.15) is 5.26 Å². The quantitative estimate of drug-likeness (QED) is 0.873. The molecular weight excluding hydrogens is 226 g/mol. The van der Waals surface area contributed by atoms with Gasteiger partial charge in [0.2, 0.25) is 0 Å². The molecule has 1 atom stereocenters. The maximum atomic E-state index is 8.77. The number of nitrogens with zero attached hydrogens (tertiary/aromatic N) is 4. The van der Waals surface area contributed by atoms with Crippen LogP contribution in [0.4, 0.5) is 5.82 Å². The fraction of sp³-hybridized carbons (Fsp3) is 0.615. The second-order valence-corrected chi connectivity index (χ2v) is 4.56. The van der Waals surface area contributed by atoms with E-state index < -0.39 is 0 Å². The summed E-state index contributed by atoms with van der Waals surface area (Å²) in [6.07, 6.45) is 6.97. The molecule has 1 saturated heterocycles. The molecule has 0 unspecified atom stereocenters. The zero-order valence-corrected chi connectivity index (χ0v) is 10.8. The van der Waals surface area contributed by atoms with Crippen molar-refractivity contribution in [3.8, 4) is 6.07 Å². The van der Waals surface area contributed by atoms with Crippen molar-refractivity contribution in [2.24, 2.45) is 0 Å². The number of likely N-dealkylation sites (N-methyl/N-ethyl adjacent to an activating group) is 1. The Kier molecular flexibility index (Phi) is 4.48. The van der Waals surface area contributed by atoms with E-state index in [1.807, 2.05) is 6.07 Å². The lowest BCUT2D eigenvalue weighted by atomic mass is 10.0. The fourth-order valence-electron chi connectivity index (χ4n) is 2.43. The van der Waals surface area contributed by atoms with Crippen molar-refractivity contribution in [1.29, 1.82) is 5.26 Å². The van der Waals surface area contributed by atoms with Crippen molar-refractivity contribution in [1.82, 2.24) is 14.9 Å². The summed E-state index contributed by atoms with van der Waals surface area (Å²) in [5, 5.41) is 12.1. The highest BCUT2D eigenvalue weighted by molar-refractivity contribution is 5.34.